The first-order chi connectivity index (χ1) is 20.3. The van der Waals surface area contributed by atoms with E-state index in [9.17, 15) is 18.4 Å². The van der Waals surface area contributed by atoms with E-state index in [1.807, 2.05) is 6.92 Å². The smallest absolute Gasteiger partial charge is 0.323 e. The number of esters is 1. The zero-order valence-electron chi connectivity index (χ0n) is 23.5. The number of likely N-dealkylation sites (tertiary alicyclic amines) is 1. The number of methoxy groups -OCH3 is 1. The highest BCUT2D eigenvalue weighted by molar-refractivity contribution is 5.95. The summed E-state index contributed by atoms with van der Waals surface area (Å²) < 4.78 is 39.9. The van der Waals surface area contributed by atoms with Crippen LogP contribution in [-0.2, 0) is 9.53 Å². The van der Waals surface area contributed by atoms with Crippen molar-refractivity contribution >= 4 is 11.9 Å². The summed E-state index contributed by atoms with van der Waals surface area (Å²) in [7, 11) is 1.40. The van der Waals surface area contributed by atoms with Crippen LogP contribution in [0.1, 0.15) is 35.2 Å². The molecule has 1 aliphatic rings. The Kier molecular flexibility index (Phi) is 8.92. The van der Waals surface area contributed by atoms with Crippen molar-refractivity contribution in [2.24, 2.45) is 0 Å². The first-order valence-electron chi connectivity index (χ1n) is 13.8. The highest BCUT2D eigenvalue weighted by atomic mass is 19.1. The average molecular weight is 575 g/mol. The lowest BCUT2D eigenvalue weighted by Gasteiger charge is -2.22. The number of carbonyl (C=O) groups excluding carboxylic acids is 2. The molecule has 5 rings (SSSR count). The Morgan fingerprint density at radius 1 is 1.05 bits per heavy atom. The zero-order valence-corrected chi connectivity index (χ0v) is 23.5. The summed E-state index contributed by atoms with van der Waals surface area (Å²) in [6.07, 6.45) is 5.61. The van der Waals surface area contributed by atoms with Gasteiger partial charge >= 0.3 is 5.97 Å². The number of halogens is 2. The van der Waals surface area contributed by atoms with Crippen molar-refractivity contribution in [1.29, 1.82) is 0 Å². The fourth-order valence-corrected chi connectivity index (χ4v) is 5.14. The van der Waals surface area contributed by atoms with Crippen LogP contribution in [0.5, 0.6) is 11.5 Å². The van der Waals surface area contributed by atoms with Gasteiger partial charge in [0.1, 0.15) is 29.2 Å². The molecule has 1 saturated heterocycles. The average Bonchev–Trinajstić information content (AvgIpc) is 3.67. The Balaban J connectivity index is 1.18. The van der Waals surface area contributed by atoms with E-state index in [0.29, 0.717) is 42.2 Å². The molecule has 0 spiro atoms. The molecule has 10 heteroatoms. The zero-order chi connectivity index (χ0) is 29.6. The van der Waals surface area contributed by atoms with E-state index in [-0.39, 0.29) is 34.8 Å². The van der Waals surface area contributed by atoms with Crippen LogP contribution in [0.2, 0.25) is 0 Å². The Morgan fingerprint density at radius 3 is 2.69 bits per heavy atom. The molecule has 1 unspecified atom stereocenters. The number of benzene rings is 2. The molecular weight excluding hydrogens is 542 g/mol. The number of hydrogen-bond donors (Lipinski definition) is 2. The van der Waals surface area contributed by atoms with E-state index in [1.54, 1.807) is 48.8 Å². The highest BCUT2D eigenvalue weighted by Gasteiger charge is 2.30. The summed E-state index contributed by atoms with van der Waals surface area (Å²) in [6, 6.07) is 13.6. The van der Waals surface area contributed by atoms with Gasteiger partial charge in [-0.05, 0) is 69.1 Å². The maximum atomic E-state index is 14.9. The van der Waals surface area contributed by atoms with Gasteiger partial charge in [0.25, 0.3) is 5.91 Å². The van der Waals surface area contributed by atoms with E-state index in [2.05, 4.69) is 20.2 Å². The molecule has 218 valence electrons. The maximum absolute atomic E-state index is 14.9. The van der Waals surface area contributed by atoms with Crippen molar-refractivity contribution in [3.05, 3.63) is 89.8 Å². The predicted molar refractivity (Wildman–Crippen MR) is 154 cm³/mol. The molecule has 4 aromatic rings. The number of H-pyrrole nitrogens is 1. The van der Waals surface area contributed by atoms with Gasteiger partial charge in [0, 0.05) is 48.7 Å². The van der Waals surface area contributed by atoms with Crippen molar-refractivity contribution < 1.29 is 27.8 Å². The highest BCUT2D eigenvalue weighted by Crippen LogP contribution is 2.32. The largest absolute Gasteiger partial charge is 0.468 e. The molecule has 8 nitrogen and oxygen atoms in total. The van der Waals surface area contributed by atoms with Gasteiger partial charge in [-0.25, -0.2) is 8.78 Å². The van der Waals surface area contributed by atoms with E-state index < -0.39 is 11.6 Å². The molecule has 0 saturated carbocycles. The summed E-state index contributed by atoms with van der Waals surface area (Å²) in [5.41, 5.74) is 2.77. The van der Waals surface area contributed by atoms with Gasteiger partial charge in [-0.1, -0.05) is 11.6 Å². The topological polar surface area (TPSA) is 96.6 Å². The molecule has 42 heavy (non-hydrogen) atoms. The number of rotatable bonds is 10. The fraction of sp³-hybridized carbons (Fsp3) is 0.281. The summed E-state index contributed by atoms with van der Waals surface area (Å²) in [6.45, 7) is 3.83. The number of aromatic amines is 1. The second-order valence-electron chi connectivity index (χ2n) is 10.2. The molecule has 3 heterocycles. The van der Waals surface area contributed by atoms with E-state index in [0.717, 1.165) is 24.9 Å². The lowest BCUT2D eigenvalue weighted by Crippen LogP contribution is -2.38. The molecule has 2 N–H and O–H groups in total. The van der Waals surface area contributed by atoms with Gasteiger partial charge in [-0.3, -0.25) is 19.5 Å². The third kappa shape index (κ3) is 6.66. The van der Waals surface area contributed by atoms with E-state index in [1.165, 1.54) is 25.3 Å². The summed E-state index contributed by atoms with van der Waals surface area (Å²) >= 11 is 0. The normalized spacial score (nSPS) is 15.0. The number of aromatic nitrogens is 2. The monoisotopic (exact) mass is 574 g/mol. The van der Waals surface area contributed by atoms with Crippen LogP contribution in [0.3, 0.4) is 0 Å². The number of ether oxygens (including phenoxy) is 2. The minimum Gasteiger partial charge on any atom is -0.468 e. The summed E-state index contributed by atoms with van der Waals surface area (Å²) in [4.78, 5) is 34.1. The second-order valence-corrected chi connectivity index (χ2v) is 10.2. The van der Waals surface area contributed by atoms with Crippen LogP contribution in [-0.4, -0.2) is 59.5 Å². The third-order valence-electron chi connectivity index (χ3n) is 7.29. The van der Waals surface area contributed by atoms with Crippen LogP contribution in [0.15, 0.2) is 67.0 Å². The lowest BCUT2D eigenvalue weighted by atomic mass is 10.0. The van der Waals surface area contributed by atoms with Gasteiger partial charge in [-0.15, -0.1) is 0 Å². The first kappa shape index (κ1) is 28.9. The number of carbonyl (C=O) groups is 2. The lowest BCUT2D eigenvalue weighted by molar-refractivity contribution is -0.145. The number of amides is 1. The van der Waals surface area contributed by atoms with Crippen molar-refractivity contribution in [2.75, 3.05) is 26.7 Å². The molecule has 2 aromatic heterocycles. The molecule has 1 aliphatic heterocycles. The molecule has 1 amide bonds. The second kappa shape index (κ2) is 12.9. The molecular formula is C32H32F2N4O4. The standard InChI is InChI=1S/C32H32F2N4O4/c1-20-6-9-26(33)25(15-20)24-8-7-22(17-27(24)34)42-23-10-12-35-29(18-23)28-16-21(19-37-28)31(39)36-11-4-14-38-13-3-5-30(38)32(40)41-2/h6-10,12,15-19,30,37H,3-5,11,13-14H2,1-2H3,(H,36,39). The van der Waals surface area contributed by atoms with Gasteiger partial charge < -0.3 is 19.8 Å². The Bertz CT molecular complexity index is 1590. The number of nitrogens with one attached hydrogen (secondary N) is 2. The quantitative estimate of drug-likeness (QED) is 0.181. The molecule has 0 aliphatic carbocycles. The first-order valence-corrected chi connectivity index (χ1v) is 13.8. The molecule has 2 aromatic carbocycles. The van der Waals surface area contributed by atoms with Gasteiger partial charge in [0.15, 0.2) is 0 Å². The molecule has 1 fully saturated rings. The van der Waals surface area contributed by atoms with Crippen LogP contribution in [0.25, 0.3) is 22.5 Å². The van der Waals surface area contributed by atoms with Gasteiger partial charge in [-0.2, -0.15) is 0 Å². The van der Waals surface area contributed by atoms with Crippen molar-refractivity contribution in [1.82, 2.24) is 20.2 Å². The third-order valence-corrected chi connectivity index (χ3v) is 7.29. The fourth-order valence-electron chi connectivity index (χ4n) is 5.14. The molecule has 0 bridgehead atoms. The van der Waals surface area contributed by atoms with Crippen molar-refractivity contribution in [3.8, 4) is 34.0 Å². The number of aryl methyl sites for hydroxylation is 1. The molecule has 1 atom stereocenters. The SMILES string of the molecule is COC(=O)C1CCCN1CCCNC(=O)c1c[nH]c(-c2cc(Oc3ccc(-c4cc(C)ccc4F)c(F)c3)ccn2)c1. The van der Waals surface area contributed by atoms with Gasteiger partial charge in [0.05, 0.1) is 24.1 Å². The number of nitrogens with zero attached hydrogens (tertiary/aromatic N) is 2. The van der Waals surface area contributed by atoms with E-state index in [4.69, 9.17) is 9.47 Å². The van der Waals surface area contributed by atoms with Gasteiger partial charge in [0.2, 0.25) is 0 Å². The van der Waals surface area contributed by atoms with Crippen LogP contribution in [0, 0.1) is 18.6 Å². The van der Waals surface area contributed by atoms with E-state index >= 15 is 0 Å². The molecule has 0 radical (unpaired) electrons. The van der Waals surface area contributed by atoms with Crippen LogP contribution in [0.4, 0.5) is 8.78 Å². The Morgan fingerprint density at radius 2 is 1.88 bits per heavy atom. The predicted octanol–water partition coefficient (Wildman–Crippen LogP) is 5.88. The maximum Gasteiger partial charge on any atom is 0.323 e. The Hall–Kier alpha value is -4.57. The number of hydrogen-bond acceptors (Lipinski definition) is 6. The Labute approximate surface area is 242 Å². The summed E-state index contributed by atoms with van der Waals surface area (Å²) in [5, 5.41) is 2.91. The van der Waals surface area contributed by atoms with Crippen LogP contribution < -0.4 is 10.1 Å². The minimum absolute atomic E-state index is 0.151. The summed E-state index contributed by atoms with van der Waals surface area (Å²) in [5.74, 6) is -0.867. The van der Waals surface area contributed by atoms with Crippen molar-refractivity contribution in [2.45, 2.75) is 32.2 Å². The minimum atomic E-state index is -0.602. The van der Waals surface area contributed by atoms with Crippen molar-refractivity contribution in [3.63, 3.8) is 0 Å². The van der Waals surface area contributed by atoms with Crippen LogP contribution >= 0.6 is 0 Å². The number of pyridine rings is 1.